The zero-order chi connectivity index (χ0) is 11.5. The molecule has 0 saturated carbocycles. The summed E-state index contributed by atoms with van der Waals surface area (Å²) in [6.07, 6.45) is 0. The summed E-state index contributed by atoms with van der Waals surface area (Å²) in [5.74, 6) is 1.77. The summed E-state index contributed by atoms with van der Waals surface area (Å²) >= 11 is 0. The zero-order valence-electron chi connectivity index (χ0n) is 9.95. The Morgan fingerprint density at radius 1 is 1.31 bits per heavy atom. The molecule has 0 bridgehead atoms. The molecule has 1 N–H and O–H groups in total. The topological polar surface area (TPSA) is 41.2 Å². The number of anilines is 1. The fourth-order valence-electron chi connectivity index (χ4n) is 1.78. The molecule has 4 heteroatoms. The first-order chi connectivity index (χ1) is 7.78. The van der Waals surface area contributed by atoms with Crippen LogP contribution in [-0.4, -0.2) is 30.2 Å². The average Bonchev–Trinajstić information content (AvgIpc) is 2.72. The predicted octanol–water partition coefficient (Wildman–Crippen LogP) is 2.42. The van der Waals surface area contributed by atoms with Gasteiger partial charge in [-0.3, -0.25) is 0 Å². The summed E-state index contributed by atoms with van der Waals surface area (Å²) in [6, 6.07) is 5.86. The molecule has 0 saturated heterocycles. The number of imidazole rings is 1. The van der Waals surface area contributed by atoms with Crippen LogP contribution in [0.15, 0.2) is 18.2 Å². The van der Waals surface area contributed by atoms with Crippen molar-refractivity contribution in [3.63, 3.8) is 0 Å². The highest BCUT2D eigenvalue weighted by molar-refractivity contribution is 5.79. The van der Waals surface area contributed by atoms with Crippen LogP contribution in [0.5, 0.6) is 5.75 Å². The first kappa shape index (κ1) is 10.8. The molecule has 0 radical (unpaired) electrons. The number of ether oxygens (including phenoxy) is 1. The number of benzene rings is 1. The number of hydrogen-bond acceptors (Lipinski definition) is 3. The molecule has 0 aliphatic carbocycles. The second-order valence-electron chi connectivity index (χ2n) is 3.62. The normalized spacial score (nSPS) is 10.7. The Bertz CT molecular complexity index is 474. The van der Waals surface area contributed by atoms with Gasteiger partial charge >= 0.3 is 0 Å². The summed E-state index contributed by atoms with van der Waals surface area (Å²) in [4.78, 5) is 10.0. The Hall–Kier alpha value is -1.71. The molecule has 0 aliphatic heterocycles. The van der Waals surface area contributed by atoms with Crippen molar-refractivity contribution in [2.24, 2.45) is 0 Å². The molecule has 2 aromatic rings. The Kier molecular flexibility index (Phi) is 2.99. The average molecular weight is 219 g/mol. The Morgan fingerprint density at radius 3 is 2.69 bits per heavy atom. The molecule has 0 unspecified atom stereocenters. The van der Waals surface area contributed by atoms with Gasteiger partial charge in [0.25, 0.3) is 0 Å². The maximum absolute atomic E-state index is 5.18. The quantitative estimate of drug-likeness (QED) is 0.858. The van der Waals surface area contributed by atoms with Gasteiger partial charge in [-0.05, 0) is 26.0 Å². The van der Waals surface area contributed by atoms with E-state index in [1.54, 1.807) is 7.11 Å². The van der Waals surface area contributed by atoms with Crippen LogP contribution in [0.2, 0.25) is 0 Å². The highest BCUT2D eigenvalue weighted by atomic mass is 16.5. The maximum Gasteiger partial charge on any atom is 0.203 e. The lowest BCUT2D eigenvalue weighted by molar-refractivity contribution is 0.415. The van der Waals surface area contributed by atoms with Crippen molar-refractivity contribution in [1.29, 1.82) is 0 Å². The van der Waals surface area contributed by atoms with Gasteiger partial charge in [-0.25, -0.2) is 4.98 Å². The number of aromatic nitrogens is 2. The Morgan fingerprint density at radius 2 is 2.06 bits per heavy atom. The second kappa shape index (κ2) is 4.43. The van der Waals surface area contributed by atoms with E-state index in [0.29, 0.717) is 0 Å². The van der Waals surface area contributed by atoms with Gasteiger partial charge in [0.15, 0.2) is 0 Å². The molecule has 16 heavy (non-hydrogen) atoms. The lowest BCUT2D eigenvalue weighted by Gasteiger charge is -2.16. The molecular weight excluding hydrogens is 202 g/mol. The molecule has 1 aromatic heterocycles. The van der Waals surface area contributed by atoms with E-state index >= 15 is 0 Å². The Balaban J connectivity index is 2.43. The lowest BCUT2D eigenvalue weighted by atomic mass is 10.3. The van der Waals surface area contributed by atoms with E-state index in [-0.39, 0.29) is 0 Å². The van der Waals surface area contributed by atoms with E-state index < -0.39 is 0 Å². The fourth-order valence-corrected chi connectivity index (χ4v) is 1.78. The monoisotopic (exact) mass is 219 g/mol. The third-order valence-corrected chi connectivity index (χ3v) is 2.74. The molecule has 0 spiro atoms. The minimum absolute atomic E-state index is 0.849. The van der Waals surface area contributed by atoms with E-state index in [9.17, 15) is 0 Å². The van der Waals surface area contributed by atoms with Crippen molar-refractivity contribution < 1.29 is 4.74 Å². The number of hydrogen-bond donors (Lipinski definition) is 1. The molecule has 4 nitrogen and oxygen atoms in total. The van der Waals surface area contributed by atoms with E-state index in [2.05, 4.69) is 28.7 Å². The summed E-state index contributed by atoms with van der Waals surface area (Å²) in [5.41, 5.74) is 1.99. The van der Waals surface area contributed by atoms with Crippen LogP contribution in [0.3, 0.4) is 0 Å². The molecule has 0 amide bonds. The third kappa shape index (κ3) is 1.83. The summed E-state index contributed by atoms with van der Waals surface area (Å²) in [5, 5.41) is 0. The van der Waals surface area contributed by atoms with E-state index in [1.165, 1.54) is 0 Å². The SMILES string of the molecule is CCN(CC)c1nc2ccc(OC)cc2[nH]1. The summed E-state index contributed by atoms with van der Waals surface area (Å²) < 4.78 is 5.18. The zero-order valence-corrected chi connectivity index (χ0v) is 9.95. The van der Waals surface area contributed by atoms with Gasteiger partial charge < -0.3 is 14.6 Å². The van der Waals surface area contributed by atoms with Crippen LogP contribution in [0.25, 0.3) is 11.0 Å². The van der Waals surface area contributed by atoms with Gasteiger partial charge in [-0.1, -0.05) is 0 Å². The second-order valence-corrected chi connectivity index (χ2v) is 3.62. The molecule has 1 heterocycles. The van der Waals surface area contributed by atoms with Crippen molar-refractivity contribution in [3.05, 3.63) is 18.2 Å². The first-order valence-electron chi connectivity index (χ1n) is 5.57. The van der Waals surface area contributed by atoms with Crippen molar-refractivity contribution in [3.8, 4) is 5.75 Å². The number of fused-ring (bicyclic) bond motifs is 1. The lowest BCUT2D eigenvalue weighted by Crippen LogP contribution is -2.22. The molecule has 0 atom stereocenters. The van der Waals surface area contributed by atoms with Gasteiger partial charge in [0.05, 0.1) is 18.1 Å². The van der Waals surface area contributed by atoms with Crippen molar-refractivity contribution in [1.82, 2.24) is 9.97 Å². The number of nitrogens with one attached hydrogen (secondary N) is 1. The highest BCUT2D eigenvalue weighted by Crippen LogP contribution is 2.21. The molecule has 1 aromatic carbocycles. The summed E-state index contributed by atoms with van der Waals surface area (Å²) in [7, 11) is 1.67. The van der Waals surface area contributed by atoms with Gasteiger partial charge in [-0.15, -0.1) is 0 Å². The number of aromatic amines is 1. The number of H-pyrrole nitrogens is 1. The van der Waals surface area contributed by atoms with Crippen molar-refractivity contribution in [2.75, 3.05) is 25.1 Å². The predicted molar refractivity (Wildman–Crippen MR) is 66.2 cm³/mol. The van der Waals surface area contributed by atoms with Crippen LogP contribution >= 0.6 is 0 Å². The van der Waals surface area contributed by atoms with E-state index in [4.69, 9.17) is 4.74 Å². The molecule has 0 aliphatic rings. The minimum Gasteiger partial charge on any atom is -0.497 e. The number of methoxy groups -OCH3 is 1. The maximum atomic E-state index is 5.18. The van der Waals surface area contributed by atoms with Crippen LogP contribution in [0.1, 0.15) is 13.8 Å². The van der Waals surface area contributed by atoms with Crippen LogP contribution < -0.4 is 9.64 Å². The van der Waals surface area contributed by atoms with Crippen LogP contribution in [0.4, 0.5) is 5.95 Å². The van der Waals surface area contributed by atoms with Gasteiger partial charge in [0.2, 0.25) is 5.95 Å². The third-order valence-electron chi connectivity index (χ3n) is 2.74. The highest BCUT2D eigenvalue weighted by Gasteiger charge is 2.08. The van der Waals surface area contributed by atoms with Crippen LogP contribution in [-0.2, 0) is 0 Å². The van der Waals surface area contributed by atoms with E-state index in [0.717, 1.165) is 35.8 Å². The molecule has 0 fully saturated rings. The van der Waals surface area contributed by atoms with Crippen LogP contribution in [0, 0.1) is 0 Å². The van der Waals surface area contributed by atoms with Gasteiger partial charge in [0, 0.05) is 19.2 Å². The minimum atomic E-state index is 0.849. The van der Waals surface area contributed by atoms with Crippen molar-refractivity contribution in [2.45, 2.75) is 13.8 Å². The molecular formula is C12H17N3O. The van der Waals surface area contributed by atoms with Crippen molar-refractivity contribution >= 4 is 17.0 Å². The standard InChI is InChI=1S/C12H17N3O/c1-4-15(5-2)12-13-10-7-6-9(16-3)8-11(10)14-12/h6-8H,4-5H2,1-3H3,(H,13,14). The molecule has 86 valence electrons. The summed E-state index contributed by atoms with van der Waals surface area (Å²) in [6.45, 7) is 6.15. The molecule has 2 rings (SSSR count). The fraction of sp³-hybridized carbons (Fsp3) is 0.417. The largest absolute Gasteiger partial charge is 0.497 e. The van der Waals surface area contributed by atoms with Gasteiger partial charge in [0.1, 0.15) is 5.75 Å². The Labute approximate surface area is 95.2 Å². The smallest absolute Gasteiger partial charge is 0.203 e. The number of nitrogens with zero attached hydrogens (tertiary/aromatic N) is 2. The van der Waals surface area contributed by atoms with E-state index in [1.807, 2.05) is 18.2 Å². The first-order valence-corrected chi connectivity index (χ1v) is 5.57. The van der Waals surface area contributed by atoms with Gasteiger partial charge in [-0.2, -0.15) is 0 Å². The number of rotatable bonds is 4.